The average molecular weight is 276 g/mol. The molecule has 1 aliphatic heterocycles. The Morgan fingerprint density at radius 1 is 0.952 bits per heavy atom. The monoisotopic (exact) mass is 276 g/mol. The first-order valence-electron chi connectivity index (χ1n) is 7.19. The summed E-state index contributed by atoms with van der Waals surface area (Å²) in [6.07, 6.45) is 1.65. The smallest absolute Gasteiger partial charge is 0.144 e. The molecule has 0 spiro atoms. The number of para-hydroxylation sites is 2. The summed E-state index contributed by atoms with van der Waals surface area (Å²) < 4.78 is 0. The molecule has 0 fully saturated rings. The Morgan fingerprint density at radius 2 is 1.81 bits per heavy atom. The molecule has 0 saturated carbocycles. The van der Waals surface area contributed by atoms with E-state index in [-0.39, 0.29) is 0 Å². The van der Waals surface area contributed by atoms with Crippen molar-refractivity contribution in [2.75, 3.05) is 18.0 Å². The van der Waals surface area contributed by atoms with E-state index in [1.54, 1.807) is 6.33 Å². The van der Waals surface area contributed by atoms with Gasteiger partial charge < -0.3 is 10.2 Å². The first-order chi connectivity index (χ1) is 10.4. The molecule has 104 valence electrons. The van der Waals surface area contributed by atoms with E-state index in [4.69, 9.17) is 0 Å². The molecule has 0 saturated heterocycles. The topological polar surface area (TPSA) is 41.0 Å². The van der Waals surface area contributed by atoms with Gasteiger partial charge >= 0.3 is 0 Å². The third-order valence-electron chi connectivity index (χ3n) is 3.89. The fourth-order valence-electron chi connectivity index (χ4n) is 2.88. The summed E-state index contributed by atoms with van der Waals surface area (Å²) in [5, 5.41) is 4.56. The number of anilines is 2. The first kappa shape index (κ1) is 12.3. The Balaban J connectivity index is 1.92. The Kier molecular flexibility index (Phi) is 3.01. The van der Waals surface area contributed by atoms with Gasteiger partial charge in [-0.25, -0.2) is 9.97 Å². The zero-order chi connectivity index (χ0) is 14.1. The molecule has 21 heavy (non-hydrogen) atoms. The molecule has 0 unspecified atom stereocenters. The van der Waals surface area contributed by atoms with Crippen LogP contribution in [0.3, 0.4) is 0 Å². The normalized spacial score (nSPS) is 14.8. The molecule has 1 aliphatic rings. The molecule has 2 aromatic carbocycles. The van der Waals surface area contributed by atoms with E-state index in [9.17, 15) is 0 Å². The highest BCUT2D eigenvalue weighted by Crippen LogP contribution is 2.32. The quantitative estimate of drug-likeness (QED) is 0.742. The fraction of sp³-hybridized carbons (Fsp3) is 0.176. The highest BCUT2D eigenvalue weighted by atomic mass is 15.2. The molecule has 4 nitrogen and oxygen atoms in total. The van der Waals surface area contributed by atoms with Gasteiger partial charge in [0.15, 0.2) is 0 Å². The van der Waals surface area contributed by atoms with Crippen LogP contribution in [0.2, 0.25) is 0 Å². The fourth-order valence-corrected chi connectivity index (χ4v) is 2.88. The number of aromatic nitrogens is 2. The molecule has 3 aromatic rings. The van der Waals surface area contributed by atoms with E-state index in [2.05, 4.69) is 50.5 Å². The second kappa shape index (κ2) is 5.14. The molecule has 0 aliphatic carbocycles. The van der Waals surface area contributed by atoms with Gasteiger partial charge in [-0.15, -0.1) is 0 Å². The lowest BCUT2D eigenvalue weighted by Gasteiger charge is -2.24. The summed E-state index contributed by atoms with van der Waals surface area (Å²) in [6, 6.07) is 16.7. The largest absolute Gasteiger partial charge is 0.324 e. The highest BCUT2D eigenvalue weighted by Gasteiger charge is 2.18. The lowest BCUT2D eigenvalue weighted by molar-refractivity contribution is 0.711. The lowest BCUT2D eigenvalue weighted by atomic mass is 10.1. The van der Waals surface area contributed by atoms with Crippen molar-refractivity contribution < 1.29 is 0 Å². The maximum Gasteiger partial charge on any atom is 0.144 e. The summed E-state index contributed by atoms with van der Waals surface area (Å²) in [6.45, 7) is 2.74. The van der Waals surface area contributed by atoms with E-state index in [1.165, 1.54) is 11.3 Å². The number of hydrogen-bond acceptors (Lipinski definition) is 4. The van der Waals surface area contributed by atoms with E-state index in [1.807, 2.05) is 18.2 Å². The van der Waals surface area contributed by atoms with Crippen LogP contribution in [0, 0.1) is 0 Å². The molecule has 0 atom stereocenters. The lowest BCUT2D eigenvalue weighted by Crippen LogP contribution is -2.25. The van der Waals surface area contributed by atoms with Gasteiger partial charge in [-0.2, -0.15) is 0 Å². The number of hydrogen-bond donors (Lipinski definition) is 1. The second-order valence-corrected chi connectivity index (χ2v) is 5.17. The predicted octanol–water partition coefficient (Wildman–Crippen LogP) is 2.87. The Hall–Kier alpha value is -2.46. The van der Waals surface area contributed by atoms with Gasteiger partial charge in [0.2, 0.25) is 0 Å². The van der Waals surface area contributed by atoms with Crippen molar-refractivity contribution in [3.8, 4) is 0 Å². The van der Waals surface area contributed by atoms with Crippen LogP contribution in [0.4, 0.5) is 11.5 Å². The summed E-state index contributed by atoms with van der Waals surface area (Å²) in [5.41, 5.74) is 3.52. The molecule has 0 radical (unpaired) electrons. The van der Waals surface area contributed by atoms with Crippen molar-refractivity contribution in [3.05, 3.63) is 60.4 Å². The summed E-state index contributed by atoms with van der Waals surface area (Å²) in [4.78, 5) is 11.2. The maximum absolute atomic E-state index is 4.56. The van der Waals surface area contributed by atoms with Crippen molar-refractivity contribution in [2.24, 2.45) is 0 Å². The minimum Gasteiger partial charge on any atom is -0.324 e. The van der Waals surface area contributed by atoms with Gasteiger partial charge in [0.25, 0.3) is 0 Å². The highest BCUT2D eigenvalue weighted by molar-refractivity contribution is 5.91. The molecule has 0 bridgehead atoms. The van der Waals surface area contributed by atoms with Crippen LogP contribution in [-0.2, 0) is 6.54 Å². The van der Waals surface area contributed by atoms with Crippen LogP contribution < -0.4 is 10.2 Å². The van der Waals surface area contributed by atoms with Crippen molar-refractivity contribution >= 4 is 22.4 Å². The molecule has 0 amide bonds. The Bertz CT molecular complexity index is 779. The van der Waals surface area contributed by atoms with Crippen LogP contribution in [0.25, 0.3) is 10.9 Å². The number of nitrogens with one attached hydrogen (secondary N) is 1. The van der Waals surface area contributed by atoms with E-state index in [0.29, 0.717) is 0 Å². The third kappa shape index (κ3) is 2.14. The maximum atomic E-state index is 4.56. The number of fused-ring (bicyclic) bond motifs is 2. The van der Waals surface area contributed by atoms with Gasteiger partial charge in [-0.3, -0.25) is 0 Å². The predicted molar refractivity (Wildman–Crippen MR) is 84.7 cm³/mol. The minimum absolute atomic E-state index is 0.899. The van der Waals surface area contributed by atoms with Crippen LogP contribution in [0.15, 0.2) is 54.9 Å². The van der Waals surface area contributed by atoms with E-state index in [0.717, 1.165) is 36.4 Å². The first-order valence-corrected chi connectivity index (χ1v) is 7.19. The molecule has 1 N–H and O–H groups in total. The Morgan fingerprint density at radius 3 is 2.81 bits per heavy atom. The second-order valence-electron chi connectivity index (χ2n) is 5.17. The van der Waals surface area contributed by atoms with E-state index >= 15 is 0 Å². The number of benzene rings is 2. The third-order valence-corrected chi connectivity index (χ3v) is 3.89. The van der Waals surface area contributed by atoms with Crippen molar-refractivity contribution in [1.82, 2.24) is 15.3 Å². The van der Waals surface area contributed by atoms with Crippen LogP contribution in [-0.4, -0.2) is 23.1 Å². The summed E-state index contributed by atoms with van der Waals surface area (Å²) in [5.74, 6) is 0.983. The number of nitrogens with zero attached hydrogens (tertiary/aromatic N) is 3. The van der Waals surface area contributed by atoms with Gasteiger partial charge in [0.05, 0.1) is 5.52 Å². The minimum atomic E-state index is 0.899. The molecular formula is C17H16N4. The van der Waals surface area contributed by atoms with Gasteiger partial charge in [0.1, 0.15) is 12.1 Å². The van der Waals surface area contributed by atoms with Crippen molar-refractivity contribution in [3.63, 3.8) is 0 Å². The standard InChI is InChI=1S/C17H16N4/c1-4-8-16-13(5-1)11-18-9-10-21(16)17-14-6-2-3-7-15(14)19-12-20-17/h1-8,12,18H,9-11H2. The zero-order valence-electron chi connectivity index (χ0n) is 11.7. The zero-order valence-corrected chi connectivity index (χ0v) is 11.7. The summed E-state index contributed by atoms with van der Waals surface area (Å²) in [7, 11) is 0. The van der Waals surface area contributed by atoms with Crippen LogP contribution in [0.1, 0.15) is 5.56 Å². The molecule has 4 rings (SSSR count). The van der Waals surface area contributed by atoms with E-state index < -0.39 is 0 Å². The Labute approximate surface area is 123 Å². The van der Waals surface area contributed by atoms with Gasteiger partial charge in [-0.1, -0.05) is 30.3 Å². The molecule has 2 heterocycles. The van der Waals surface area contributed by atoms with Crippen LogP contribution in [0.5, 0.6) is 0 Å². The average Bonchev–Trinajstić information content (AvgIpc) is 2.77. The molecular weight excluding hydrogens is 260 g/mol. The molecule has 4 heteroatoms. The number of rotatable bonds is 1. The SMILES string of the molecule is c1ccc2c(c1)CNCCN2c1ncnc2ccccc12. The molecule has 1 aromatic heterocycles. The van der Waals surface area contributed by atoms with Crippen molar-refractivity contribution in [2.45, 2.75) is 6.54 Å². The summed E-state index contributed by atoms with van der Waals surface area (Å²) >= 11 is 0. The van der Waals surface area contributed by atoms with Gasteiger partial charge in [-0.05, 0) is 23.8 Å². The van der Waals surface area contributed by atoms with Gasteiger partial charge in [0, 0.05) is 30.7 Å². The van der Waals surface area contributed by atoms with Crippen LogP contribution >= 0.6 is 0 Å². The van der Waals surface area contributed by atoms with Crippen molar-refractivity contribution in [1.29, 1.82) is 0 Å².